The molecule has 1 saturated carbocycles. The second-order valence-corrected chi connectivity index (χ2v) is 17.1. The molecular weight excluding hydrogens is 665 g/mol. The van der Waals surface area contributed by atoms with Crippen LogP contribution in [-0.4, -0.2) is 83.0 Å². The number of aliphatic imine (C=N–C) groups is 2. The van der Waals surface area contributed by atoms with E-state index in [1.165, 1.54) is 127 Å². The third-order valence-corrected chi connectivity index (χ3v) is 12.2. The first-order chi connectivity index (χ1) is 26.1. The topological polar surface area (TPSA) is 65.2 Å². The van der Waals surface area contributed by atoms with Crippen LogP contribution in [0, 0.1) is 13.8 Å². The highest BCUT2D eigenvalue weighted by Gasteiger charge is 2.29. The summed E-state index contributed by atoms with van der Waals surface area (Å²) in [6, 6.07) is 8.94. The number of hydrogen-bond acceptors (Lipinski definition) is 4. The van der Waals surface area contributed by atoms with Gasteiger partial charge in [-0.1, -0.05) is 92.9 Å². The molecule has 0 radical (unpaired) electrons. The summed E-state index contributed by atoms with van der Waals surface area (Å²) in [5.74, 6) is 0.686. The van der Waals surface area contributed by atoms with Crippen LogP contribution < -0.4 is 0 Å². The summed E-state index contributed by atoms with van der Waals surface area (Å²) in [4.78, 5) is 10.3. The Morgan fingerprint density at radius 2 is 0.815 bits per heavy atom. The van der Waals surface area contributed by atoms with E-state index in [4.69, 9.17) is 9.98 Å². The molecule has 6 nitrogen and oxygen atoms in total. The smallest absolute Gasteiger partial charge is 0.127 e. The van der Waals surface area contributed by atoms with Crippen molar-refractivity contribution in [2.75, 3.05) is 39.3 Å². The van der Waals surface area contributed by atoms with Crippen LogP contribution in [0.4, 0.5) is 0 Å². The van der Waals surface area contributed by atoms with Gasteiger partial charge in [0.15, 0.2) is 0 Å². The van der Waals surface area contributed by atoms with Gasteiger partial charge in [0.25, 0.3) is 0 Å². The lowest BCUT2D eigenvalue weighted by Gasteiger charge is -2.39. The number of rotatable bonds is 26. The summed E-state index contributed by atoms with van der Waals surface area (Å²) in [6.45, 7) is 27.2. The van der Waals surface area contributed by atoms with Gasteiger partial charge in [0.1, 0.15) is 24.6 Å². The van der Waals surface area contributed by atoms with Gasteiger partial charge in [-0.25, -0.2) is 0 Å². The molecule has 0 aliphatic heterocycles. The first kappa shape index (κ1) is 45.7. The van der Waals surface area contributed by atoms with E-state index in [0.717, 1.165) is 70.0 Å². The molecule has 2 N–H and O–H groups in total. The van der Waals surface area contributed by atoms with E-state index in [1.54, 1.807) is 0 Å². The van der Waals surface area contributed by atoms with Crippen molar-refractivity contribution in [3.05, 3.63) is 57.6 Å². The van der Waals surface area contributed by atoms with Crippen LogP contribution in [0.5, 0.6) is 11.5 Å². The van der Waals surface area contributed by atoms with Crippen LogP contribution >= 0.6 is 0 Å². The molecule has 0 unspecified atom stereocenters. The van der Waals surface area contributed by atoms with Crippen LogP contribution in [0.2, 0.25) is 0 Å². The number of unbranched alkanes of at least 4 members (excludes halogenated alkanes) is 6. The summed E-state index contributed by atoms with van der Waals surface area (Å²) >= 11 is 0. The first-order valence-electron chi connectivity index (χ1n) is 22.5. The highest BCUT2D eigenvalue weighted by Crippen LogP contribution is 2.30. The zero-order valence-corrected chi connectivity index (χ0v) is 36.3. The van der Waals surface area contributed by atoms with E-state index in [9.17, 15) is 10.2 Å². The molecule has 3 rings (SSSR count). The normalized spacial score (nSPS) is 17.0. The van der Waals surface area contributed by atoms with Gasteiger partial charge >= 0.3 is 0 Å². The average molecular weight is 747 g/mol. The molecule has 2 aromatic rings. The van der Waals surface area contributed by atoms with E-state index in [-0.39, 0.29) is 12.1 Å². The van der Waals surface area contributed by atoms with E-state index in [1.807, 2.05) is 26.3 Å². The van der Waals surface area contributed by atoms with E-state index in [0.29, 0.717) is 11.5 Å². The van der Waals surface area contributed by atoms with Crippen molar-refractivity contribution in [3.8, 4) is 11.5 Å². The van der Waals surface area contributed by atoms with Crippen molar-refractivity contribution in [1.82, 2.24) is 0 Å². The minimum atomic E-state index is 0.0553. The van der Waals surface area contributed by atoms with Crippen molar-refractivity contribution in [3.63, 3.8) is 0 Å². The predicted octanol–water partition coefficient (Wildman–Crippen LogP) is 12.0. The number of nitrogens with zero attached hydrogens (tertiary/aromatic N) is 4. The standard InChI is InChI=1S/C48H80N4O2/c1-9-15-25-51(26-16-10-2,27-17-11-3)37-41-31-39(7)47(53)43(33-41)35-49-45-23-21-22-24-46(45)50-36-44-34-42(32-40(8)48(44)54)38-52(28-18-12-4,29-19-13-5)30-20-14-6/h31-36,45-46H,9-30,37-38H2,1-8H3/p+2/t45-,46-/m1/s1. The number of aromatic hydroxyl groups is 2. The fraction of sp³-hybridized carbons (Fsp3) is 0.708. The lowest BCUT2D eigenvalue weighted by Crippen LogP contribution is -2.49. The number of aryl methyl sites for hydroxylation is 2. The van der Waals surface area contributed by atoms with Gasteiger partial charge in [-0.15, -0.1) is 0 Å². The van der Waals surface area contributed by atoms with Crippen molar-refractivity contribution in [2.45, 2.75) is 183 Å². The highest BCUT2D eigenvalue weighted by molar-refractivity contribution is 5.85. The maximum atomic E-state index is 11.2. The number of hydrogen-bond donors (Lipinski definition) is 2. The number of phenols is 2. The second-order valence-electron chi connectivity index (χ2n) is 17.1. The molecular formula is C48H82N4O2+2. The Morgan fingerprint density at radius 3 is 1.09 bits per heavy atom. The predicted molar refractivity (Wildman–Crippen MR) is 233 cm³/mol. The molecule has 0 amide bonds. The van der Waals surface area contributed by atoms with Crippen molar-refractivity contribution < 1.29 is 19.2 Å². The zero-order chi connectivity index (χ0) is 39.4. The minimum Gasteiger partial charge on any atom is -0.507 e. The molecule has 2 aromatic carbocycles. The Balaban J connectivity index is 1.89. The highest BCUT2D eigenvalue weighted by atomic mass is 16.3. The maximum absolute atomic E-state index is 11.2. The van der Waals surface area contributed by atoms with E-state index in [2.05, 4.69) is 65.8 Å². The van der Waals surface area contributed by atoms with Crippen molar-refractivity contribution >= 4 is 12.4 Å². The van der Waals surface area contributed by atoms with Gasteiger partial charge in [-0.2, -0.15) is 0 Å². The van der Waals surface area contributed by atoms with Gasteiger partial charge in [0.2, 0.25) is 0 Å². The van der Waals surface area contributed by atoms with Crippen LogP contribution in [0.3, 0.4) is 0 Å². The minimum absolute atomic E-state index is 0.0553. The van der Waals surface area contributed by atoms with Crippen molar-refractivity contribution in [2.24, 2.45) is 9.98 Å². The number of phenolic OH excluding ortho intramolecular Hbond substituents is 2. The molecule has 54 heavy (non-hydrogen) atoms. The van der Waals surface area contributed by atoms with E-state index < -0.39 is 0 Å². The molecule has 1 aliphatic carbocycles. The molecule has 0 saturated heterocycles. The maximum Gasteiger partial charge on any atom is 0.127 e. The Bertz CT molecular complexity index is 1280. The molecule has 1 fully saturated rings. The quantitative estimate of drug-likeness (QED) is 0.0743. The monoisotopic (exact) mass is 747 g/mol. The number of benzene rings is 2. The molecule has 6 heteroatoms. The third kappa shape index (κ3) is 14.1. The van der Waals surface area contributed by atoms with Gasteiger partial charge in [-0.05, 0) is 101 Å². The Kier molecular flexibility index (Phi) is 20.3. The molecule has 0 spiro atoms. The summed E-state index contributed by atoms with van der Waals surface area (Å²) in [5, 5.41) is 22.5. The van der Waals surface area contributed by atoms with E-state index >= 15 is 0 Å². The average Bonchev–Trinajstić information content (AvgIpc) is 3.17. The zero-order valence-electron chi connectivity index (χ0n) is 36.3. The Hall–Kier alpha value is -2.70. The fourth-order valence-corrected chi connectivity index (χ4v) is 8.82. The Labute approximate surface area is 332 Å². The molecule has 2 atom stereocenters. The van der Waals surface area contributed by atoms with Gasteiger partial charge in [0.05, 0.1) is 51.4 Å². The van der Waals surface area contributed by atoms with Crippen LogP contribution in [-0.2, 0) is 13.1 Å². The Morgan fingerprint density at radius 1 is 0.519 bits per heavy atom. The largest absolute Gasteiger partial charge is 0.507 e. The third-order valence-electron chi connectivity index (χ3n) is 12.2. The summed E-state index contributed by atoms with van der Waals surface area (Å²) in [5.41, 5.74) is 6.13. The fourth-order valence-electron chi connectivity index (χ4n) is 8.82. The first-order valence-corrected chi connectivity index (χ1v) is 22.5. The second kappa shape index (κ2) is 24.0. The molecule has 0 aromatic heterocycles. The summed E-state index contributed by atoms with van der Waals surface area (Å²) < 4.78 is 2.28. The van der Waals surface area contributed by atoms with Crippen LogP contribution in [0.1, 0.15) is 178 Å². The molecule has 0 bridgehead atoms. The lowest BCUT2D eigenvalue weighted by molar-refractivity contribution is -0.941. The van der Waals surface area contributed by atoms with Gasteiger partial charge in [-0.3, -0.25) is 9.98 Å². The van der Waals surface area contributed by atoms with Gasteiger partial charge < -0.3 is 19.2 Å². The van der Waals surface area contributed by atoms with Crippen LogP contribution in [0.25, 0.3) is 0 Å². The molecule has 1 aliphatic rings. The molecule has 0 heterocycles. The number of quaternary nitrogens is 2. The van der Waals surface area contributed by atoms with Crippen molar-refractivity contribution in [1.29, 1.82) is 0 Å². The SMILES string of the molecule is CCCC[N+](CCCC)(CCCC)Cc1cc(C)c(O)c(C=N[C@@H]2CCCC[C@H]2N=Cc2cc(C[N+](CCCC)(CCCC)CCCC)cc(C)c2O)c1. The van der Waals surface area contributed by atoms with Gasteiger partial charge in [0, 0.05) is 34.7 Å². The summed E-state index contributed by atoms with van der Waals surface area (Å²) in [7, 11) is 0. The lowest BCUT2D eigenvalue weighted by atomic mass is 9.91. The summed E-state index contributed by atoms with van der Waals surface area (Å²) in [6.07, 6.45) is 22.9. The molecule has 304 valence electrons. The van der Waals surface area contributed by atoms with Crippen LogP contribution in [0.15, 0.2) is 34.3 Å².